The zero-order valence-corrected chi connectivity index (χ0v) is 9.32. The Hall–Kier alpha value is 0.440. The van der Waals surface area contributed by atoms with Crippen molar-refractivity contribution < 1.29 is 17.9 Å². The van der Waals surface area contributed by atoms with Gasteiger partial charge in [0, 0.05) is 6.54 Å². The van der Waals surface area contributed by atoms with Gasteiger partial charge in [0.25, 0.3) is 0 Å². The molecule has 0 bridgehead atoms. The number of halogens is 4. The SMILES string of the molecule is FC(F)(F)OCCNCCCCI. The van der Waals surface area contributed by atoms with E-state index in [1.165, 1.54) is 0 Å². The van der Waals surface area contributed by atoms with E-state index < -0.39 is 6.36 Å². The molecule has 0 saturated carbocycles. The summed E-state index contributed by atoms with van der Waals surface area (Å²) >= 11 is 2.27. The van der Waals surface area contributed by atoms with Gasteiger partial charge in [-0.05, 0) is 23.8 Å². The first-order valence-electron chi connectivity index (χ1n) is 4.03. The van der Waals surface area contributed by atoms with Crippen molar-refractivity contribution in [2.24, 2.45) is 0 Å². The predicted molar refractivity (Wildman–Crippen MR) is 53.0 cm³/mol. The quantitative estimate of drug-likeness (QED) is 0.443. The summed E-state index contributed by atoms with van der Waals surface area (Å²) in [6.45, 7) is 0.693. The monoisotopic (exact) mass is 311 g/mol. The molecule has 0 aromatic rings. The second-order valence-electron chi connectivity index (χ2n) is 2.44. The van der Waals surface area contributed by atoms with Gasteiger partial charge in [-0.1, -0.05) is 22.6 Å². The number of nitrogens with one attached hydrogen (secondary N) is 1. The van der Waals surface area contributed by atoms with Crippen molar-refractivity contribution in [1.29, 1.82) is 0 Å². The predicted octanol–water partition coefficient (Wildman–Crippen LogP) is 2.33. The first-order chi connectivity index (χ1) is 6.06. The number of rotatable bonds is 7. The van der Waals surface area contributed by atoms with Crippen LogP contribution in [0.4, 0.5) is 13.2 Å². The topological polar surface area (TPSA) is 21.3 Å². The Morgan fingerprint density at radius 3 is 2.38 bits per heavy atom. The maximum absolute atomic E-state index is 11.4. The van der Waals surface area contributed by atoms with E-state index in [2.05, 4.69) is 32.6 Å². The number of hydrogen-bond acceptors (Lipinski definition) is 2. The smallest absolute Gasteiger partial charge is 0.314 e. The summed E-state index contributed by atoms with van der Waals surface area (Å²) in [5.74, 6) is 0. The number of hydrogen-bond donors (Lipinski definition) is 1. The van der Waals surface area contributed by atoms with Crippen LogP contribution in [-0.4, -0.2) is 30.5 Å². The highest BCUT2D eigenvalue weighted by Gasteiger charge is 2.28. The van der Waals surface area contributed by atoms with Gasteiger partial charge in [-0.3, -0.25) is 4.74 Å². The first kappa shape index (κ1) is 13.4. The molecule has 6 heteroatoms. The fourth-order valence-corrected chi connectivity index (χ4v) is 1.25. The van der Waals surface area contributed by atoms with Gasteiger partial charge in [-0.15, -0.1) is 13.2 Å². The van der Waals surface area contributed by atoms with Gasteiger partial charge in [0.1, 0.15) is 0 Å². The number of unbranched alkanes of at least 4 members (excludes halogenated alkanes) is 1. The van der Waals surface area contributed by atoms with Crippen LogP contribution >= 0.6 is 22.6 Å². The van der Waals surface area contributed by atoms with Crippen molar-refractivity contribution in [3.8, 4) is 0 Å². The molecular weight excluding hydrogens is 298 g/mol. The second-order valence-corrected chi connectivity index (χ2v) is 3.52. The van der Waals surface area contributed by atoms with E-state index >= 15 is 0 Å². The highest BCUT2D eigenvalue weighted by atomic mass is 127. The Morgan fingerprint density at radius 1 is 1.15 bits per heavy atom. The Bertz CT molecular complexity index is 121. The van der Waals surface area contributed by atoms with Crippen LogP contribution < -0.4 is 5.32 Å². The summed E-state index contributed by atoms with van der Waals surface area (Å²) in [5, 5.41) is 2.86. The highest BCUT2D eigenvalue weighted by molar-refractivity contribution is 14.1. The number of ether oxygens (including phenoxy) is 1. The van der Waals surface area contributed by atoms with Crippen molar-refractivity contribution in [1.82, 2.24) is 5.32 Å². The van der Waals surface area contributed by atoms with Crippen molar-refractivity contribution in [3.05, 3.63) is 0 Å². The molecule has 0 aliphatic carbocycles. The van der Waals surface area contributed by atoms with E-state index in [1.54, 1.807) is 0 Å². The molecule has 0 heterocycles. The van der Waals surface area contributed by atoms with Gasteiger partial charge in [0.2, 0.25) is 0 Å². The summed E-state index contributed by atoms with van der Waals surface area (Å²) in [7, 11) is 0. The Labute approximate surface area is 89.4 Å². The molecule has 1 N–H and O–H groups in total. The van der Waals surface area contributed by atoms with Crippen LogP contribution in [0.15, 0.2) is 0 Å². The highest BCUT2D eigenvalue weighted by Crippen LogP contribution is 2.14. The molecule has 0 radical (unpaired) electrons. The molecule has 0 aromatic carbocycles. The minimum Gasteiger partial charge on any atom is -0.314 e. The summed E-state index contributed by atoms with van der Waals surface area (Å²) in [5.41, 5.74) is 0. The largest absolute Gasteiger partial charge is 0.522 e. The molecule has 0 atom stereocenters. The molecular formula is C7H13F3INO. The Balaban J connectivity index is 3.00. The normalized spacial score (nSPS) is 12.0. The van der Waals surface area contributed by atoms with Gasteiger partial charge in [-0.2, -0.15) is 0 Å². The third kappa shape index (κ3) is 12.4. The molecule has 13 heavy (non-hydrogen) atoms. The van der Waals surface area contributed by atoms with E-state index in [0.29, 0.717) is 0 Å². The maximum Gasteiger partial charge on any atom is 0.522 e. The van der Waals surface area contributed by atoms with Crippen LogP contribution in [0.3, 0.4) is 0 Å². The average molecular weight is 311 g/mol. The van der Waals surface area contributed by atoms with Crippen molar-refractivity contribution >= 4 is 22.6 Å². The third-order valence-corrected chi connectivity index (χ3v) is 2.04. The molecule has 0 unspecified atom stereocenters. The molecule has 0 amide bonds. The molecule has 0 spiro atoms. The summed E-state index contributed by atoms with van der Waals surface area (Å²) < 4.78 is 39.0. The Morgan fingerprint density at radius 2 is 1.85 bits per heavy atom. The van der Waals surface area contributed by atoms with Crippen LogP contribution in [0.25, 0.3) is 0 Å². The van der Waals surface area contributed by atoms with Crippen LogP contribution in [0, 0.1) is 0 Å². The van der Waals surface area contributed by atoms with E-state index in [1.807, 2.05) is 0 Å². The maximum atomic E-state index is 11.4. The van der Waals surface area contributed by atoms with Crippen molar-refractivity contribution in [3.63, 3.8) is 0 Å². The molecule has 0 aromatic heterocycles. The van der Waals surface area contributed by atoms with Gasteiger partial charge >= 0.3 is 6.36 Å². The van der Waals surface area contributed by atoms with E-state index in [-0.39, 0.29) is 13.2 Å². The molecule has 0 rings (SSSR count). The zero-order chi connectivity index (χ0) is 10.2. The second kappa shape index (κ2) is 7.81. The lowest BCUT2D eigenvalue weighted by molar-refractivity contribution is -0.323. The van der Waals surface area contributed by atoms with Crippen LogP contribution in [0.1, 0.15) is 12.8 Å². The van der Waals surface area contributed by atoms with Gasteiger partial charge in [-0.25, -0.2) is 0 Å². The standard InChI is InChI=1S/C7H13F3INO/c8-7(9,10)13-6-5-12-4-2-1-3-11/h12H,1-6H2. The lowest BCUT2D eigenvalue weighted by Gasteiger charge is -2.07. The minimum absolute atomic E-state index is 0.251. The van der Waals surface area contributed by atoms with Crippen LogP contribution in [-0.2, 0) is 4.74 Å². The van der Waals surface area contributed by atoms with Crippen LogP contribution in [0.5, 0.6) is 0 Å². The average Bonchev–Trinajstić information content (AvgIpc) is 2.01. The van der Waals surface area contributed by atoms with E-state index in [9.17, 15) is 13.2 Å². The minimum atomic E-state index is -4.50. The van der Waals surface area contributed by atoms with Crippen molar-refractivity contribution in [2.45, 2.75) is 19.2 Å². The molecule has 0 aliphatic heterocycles. The lowest BCUT2D eigenvalue weighted by Crippen LogP contribution is -2.24. The fraction of sp³-hybridized carbons (Fsp3) is 1.00. The fourth-order valence-electron chi connectivity index (χ4n) is 0.708. The molecule has 0 fully saturated rings. The van der Waals surface area contributed by atoms with Gasteiger partial charge in [0.15, 0.2) is 0 Å². The van der Waals surface area contributed by atoms with Gasteiger partial charge in [0.05, 0.1) is 6.61 Å². The van der Waals surface area contributed by atoms with E-state index in [4.69, 9.17) is 0 Å². The summed E-state index contributed by atoms with van der Waals surface area (Å²) in [4.78, 5) is 0. The van der Waals surface area contributed by atoms with Crippen LogP contribution in [0.2, 0.25) is 0 Å². The van der Waals surface area contributed by atoms with Crippen molar-refractivity contribution in [2.75, 3.05) is 24.1 Å². The zero-order valence-electron chi connectivity index (χ0n) is 7.16. The summed E-state index contributed by atoms with van der Waals surface area (Å²) in [6.07, 6.45) is -2.41. The Kier molecular flexibility index (Phi) is 8.07. The summed E-state index contributed by atoms with van der Waals surface area (Å²) in [6, 6.07) is 0. The lowest BCUT2D eigenvalue weighted by atomic mass is 10.3. The number of alkyl halides is 4. The van der Waals surface area contributed by atoms with E-state index in [0.717, 1.165) is 23.8 Å². The molecule has 2 nitrogen and oxygen atoms in total. The molecule has 0 saturated heterocycles. The van der Waals surface area contributed by atoms with Gasteiger partial charge < -0.3 is 5.32 Å². The first-order valence-corrected chi connectivity index (χ1v) is 5.56. The molecule has 80 valence electrons. The third-order valence-electron chi connectivity index (χ3n) is 1.28. The molecule has 0 aliphatic rings.